The number of halogens is 1. The van der Waals surface area contributed by atoms with Crippen LogP contribution < -0.4 is 5.73 Å². The van der Waals surface area contributed by atoms with Crippen LogP contribution in [0, 0.1) is 5.82 Å². The summed E-state index contributed by atoms with van der Waals surface area (Å²) in [6.07, 6.45) is 0.826. The Kier molecular flexibility index (Phi) is 1.05. The smallest absolute Gasteiger partial charge is 0.123 e. The van der Waals surface area contributed by atoms with E-state index in [1.165, 1.54) is 6.07 Å². The van der Waals surface area contributed by atoms with Gasteiger partial charge in [-0.15, -0.1) is 0 Å². The lowest BCUT2D eigenvalue weighted by atomic mass is 9.84. The second-order valence-electron chi connectivity index (χ2n) is 2.65. The second-order valence-corrected chi connectivity index (χ2v) is 2.65. The van der Waals surface area contributed by atoms with Gasteiger partial charge in [0.15, 0.2) is 0 Å². The Morgan fingerprint density at radius 1 is 1.50 bits per heavy atom. The standard InChI is InChI=1S/C8H8FN/c9-6-1-2-7-5(3-6)4-8(7)10/h1-3,8H,4,10H2. The summed E-state index contributed by atoms with van der Waals surface area (Å²) in [5.41, 5.74) is 7.78. The van der Waals surface area contributed by atoms with Crippen molar-refractivity contribution in [3.05, 3.63) is 35.1 Å². The maximum atomic E-state index is 12.5. The fraction of sp³-hybridized carbons (Fsp3) is 0.250. The van der Waals surface area contributed by atoms with Gasteiger partial charge in [-0.25, -0.2) is 4.39 Å². The van der Waals surface area contributed by atoms with Crippen LogP contribution in [0.25, 0.3) is 0 Å². The van der Waals surface area contributed by atoms with Crippen LogP contribution in [0.15, 0.2) is 18.2 Å². The molecule has 0 amide bonds. The van der Waals surface area contributed by atoms with E-state index in [9.17, 15) is 4.39 Å². The molecular formula is C8H8FN. The normalized spacial score (nSPS) is 21.6. The van der Waals surface area contributed by atoms with Gasteiger partial charge in [0.2, 0.25) is 0 Å². The van der Waals surface area contributed by atoms with Gasteiger partial charge in [0, 0.05) is 6.04 Å². The van der Waals surface area contributed by atoms with Gasteiger partial charge in [-0.05, 0) is 29.7 Å². The molecule has 10 heavy (non-hydrogen) atoms. The van der Waals surface area contributed by atoms with Crippen molar-refractivity contribution in [2.24, 2.45) is 5.73 Å². The Hall–Kier alpha value is -0.890. The Labute approximate surface area is 58.7 Å². The topological polar surface area (TPSA) is 26.0 Å². The molecule has 0 bridgehead atoms. The Morgan fingerprint density at radius 3 is 2.90 bits per heavy atom. The van der Waals surface area contributed by atoms with Crippen molar-refractivity contribution in [3.63, 3.8) is 0 Å². The van der Waals surface area contributed by atoms with E-state index in [4.69, 9.17) is 5.73 Å². The first kappa shape index (κ1) is 5.86. The second kappa shape index (κ2) is 1.80. The van der Waals surface area contributed by atoms with Crippen LogP contribution in [0.4, 0.5) is 4.39 Å². The van der Waals surface area contributed by atoms with E-state index in [1.807, 2.05) is 0 Å². The molecule has 1 atom stereocenters. The predicted molar refractivity (Wildman–Crippen MR) is 37.0 cm³/mol. The molecule has 1 aromatic carbocycles. The van der Waals surface area contributed by atoms with Crippen molar-refractivity contribution in [3.8, 4) is 0 Å². The largest absolute Gasteiger partial charge is 0.324 e. The van der Waals surface area contributed by atoms with Crippen LogP contribution in [-0.2, 0) is 6.42 Å². The van der Waals surface area contributed by atoms with Gasteiger partial charge in [0.1, 0.15) is 5.82 Å². The molecule has 1 aliphatic rings. The van der Waals surface area contributed by atoms with E-state index in [0.717, 1.165) is 17.5 Å². The summed E-state index contributed by atoms with van der Waals surface area (Å²) >= 11 is 0. The molecule has 0 saturated heterocycles. The molecular weight excluding hydrogens is 129 g/mol. The first-order valence-corrected chi connectivity index (χ1v) is 3.31. The number of benzene rings is 1. The third-order valence-corrected chi connectivity index (χ3v) is 1.94. The van der Waals surface area contributed by atoms with Crippen molar-refractivity contribution in [2.75, 3.05) is 0 Å². The zero-order chi connectivity index (χ0) is 7.14. The molecule has 2 heteroatoms. The molecule has 1 unspecified atom stereocenters. The van der Waals surface area contributed by atoms with Crippen LogP contribution in [-0.4, -0.2) is 0 Å². The summed E-state index contributed by atoms with van der Waals surface area (Å²) in [6.45, 7) is 0. The number of hydrogen-bond acceptors (Lipinski definition) is 1. The van der Waals surface area contributed by atoms with Gasteiger partial charge in [-0.3, -0.25) is 0 Å². The molecule has 0 spiro atoms. The van der Waals surface area contributed by atoms with E-state index < -0.39 is 0 Å². The van der Waals surface area contributed by atoms with E-state index in [2.05, 4.69) is 0 Å². The molecule has 0 heterocycles. The predicted octanol–water partition coefficient (Wildman–Crippen LogP) is 1.38. The zero-order valence-electron chi connectivity index (χ0n) is 5.47. The average Bonchev–Trinajstić information content (AvgIpc) is 1.86. The number of hydrogen-bond donors (Lipinski definition) is 1. The minimum atomic E-state index is -0.161. The minimum absolute atomic E-state index is 0.149. The van der Waals surface area contributed by atoms with Gasteiger partial charge < -0.3 is 5.73 Å². The van der Waals surface area contributed by atoms with Crippen molar-refractivity contribution in [1.29, 1.82) is 0 Å². The molecule has 0 radical (unpaired) electrons. The molecule has 52 valence electrons. The highest BCUT2D eigenvalue weighted by Crippen LogP contribution is 2.30. The average molecular weight is 137 g/mol. The number of fused-ring (bicyclic) bond motifs is 1. The summed E-state index contributed by atoms with van der Waals surface area (Å²) < 4.78 is 12.5. The third-order valence-electron chi connectivity index (χ3n) is 1.94. The summed E-state index contributed by atoms with van der Waals surface area (Å²) in [5.74, 6) is -0.161. The zero-order valence-corrected chi connectivity index (χ0v) is 5.47. The Balaban J connectivity index is 2.49. The van der Waals surface area contributed by atoms with Crippen molar-refractivity contribution < 1.29 is 4.39 Å². The summed E-state index contributed by atoms with van der Waals surface area (Å²) in [7, 11) is 0. The van der Waals surface area contributed by atoms with Gasteiger partial charge in [0.05, 0.1) is 0 Å². The Morgan fingerprint density at radius 2 is 2.30 bits per heavy atom. The highest BCUT2D eigenvalue weighted by molar-refractivity contribution is 5.39. The molecule has 0 fully saturated rings. The van der Waals surface area contributed by atoms with Gasteiger partial charge in [-0.2, -0.15) is 0 Å². The van der Waals surface area contributed by atoms with Gasteiger partial charge >= 0.3 is 0 Å². The van der Waals surface area contributed by atoms with Crippen LogP contribution in [0.3, 0.4) is 0 Å². The van der Waals surface area contributed by atoms with Crippen LogP contribution in [0.5, 0.6) is 0 Å². The Bertz CT molecular complexity index is 270. The van der Waals surface area contributed by atoms with Crippen molar-refractivity contribution in [2.45, 2.75) is 12.5 Å². The highest BCUT2D eigenvalue weighted by atomic mass is 19.1. The molecule has 0 aliphatic heterocycles. The van der Waals surface area contributed by atoms with E-state index in [-0.39, 0.29) is 11.9 Å². The van der Waals surface area contributed by atoms with Crippen molar-refractivity contribution in [1.82, 2.24) is 0 Å². The maximum Gasteiger partial charge on any atom is 0.123 e. The quantitative estimate of drug-likeness (QED) is 0.574. The van der Waals surface area contributed by atoms with Gasteiger partial charge in [0.25, 0.3) is 0 Å². The lowest BCUT2D eigenvalue weighted by Crippen LogP contribution is -2.24. The number of nitrogens with two attached hydrogens (primary N) is 1. The van der Waals surface area contributed by atoms with Crippen molar-refractivity contribution >= 4 is 0 Å². The van der Waals surface area contributed by atoms with Crippen LogP contribution in [0.2, 0.25) is 0 Å². The fourth-order valence-corrected chi connectivity index (χ4v) is 1.33. The van der Waals surface area contributed by atoms with Gasteiger partial charge in [-0.1, -0.05) is 6.07 Å². The molecule has 1 nitrogen and oxygen atoms in total. The first-order valence-electron chi connectivity index (χ1n) is 3.31. The molecule has 0 saturated carbocycles. The summed E-state index contributed by atoms with van der Waals surface area (Å²) in [4.78, 5) is 0. The molecule has 1 aliphatic carbocycles. The first-order chi connectivity index (χ1) is 4.77. The lowest BCUT2D eigenvalue weighted by Gasteiger charge is -2.26. The molecule has 2 N–H and O–H groups in total. The number of rotatable bonds is 0. The third kappa shape index (κ3) is 0.656. The summed E-state index contributed by atoms with van der Waals surface area (Å²) in [6, 6.07) is 4.92. The SMILES string of the molecule is NC1Cc2cc(F)ccc21. The van der Waals surface area contributed by atoms with Crippen LogP contribution in [0.1, 0.15) is 17.2 Å². The fourth-order valence-electron chi connectivity index (χ4n) is 1.33. The molecule has 1 aromatic rings. The minimum Gasteiger partial charge on any atom is -0.324 e. The van der Waals surface area contributed by atoms with E-state index in [0.29, 0.717) is 0 Å². The lowest BCUT2D eigenvalue weighted by molar-refractivity contribution is 0.593. The highest BCUT2D eigenvalue weighted by Gasteiger charge is 2.21. The molecule has 0 aromatic heterocycles. The van der Waals surface area contributed by atoms with E-state index in [1.54, 1.807) is 12.1 Å². The summed E-state index contributed by atoms with van der Waals surface area (Å²) in [5, 5.41) is 0. The maximum absolute atomic E-state index is 12.5. The van der Waals surface area contributed by atoms with Crippen LogP contribution >= 0.6 is 0 Å². The molecule has 2 rings (SSSR count). The monoisotopic (exact) mass is 137 g/mol. The van der Waals surface area contributed by atoms with E-state index >= 15 is 0 Å².